The van der Waals surface area contributed by atoms with Crippen LogP contribution < -0.4 is 9.30 Å². The number of carbonyl (C=O) groups is 3. The predicted octanol–water partition coefficient (Wildman–Crippen LogP) is 4.81. The van der Waals surface area contributed by atoms with Gasteiger partial charge in [-0.2, -0.15) is 0 Å². The van der Waals surface area contributed by atoms with Gasteiger partial charge in [0.2, 0.25) is 0 Å². The number of carbonyl (C=O) groups excluding carboxylic acids is 3. The van der Waals surface area contributed by atoms with Crippen LogP contribution in [0.3, 0.4) is 0 Å². The number of Topliss-reactive ketones (excluding diaryl/α,β-unsaturated/α-hetero) is 2. The molecule has 9 nitrogen and oxygen atoms in total. The molecule has 1 amide bonds. The van der Waals surface area contributed by atoms with Crippen molar-refractivity contribution in [3.63, 3.8) is 0 Å². The lowest BCUT2D eigenvalue weighted by atomic mass is 9.92. The molecule has 0 saturated heterocycles. The van der Waals surface area contributed by atoms with Crippen molar-refractivity contribution in [1.29, 1.82) is 0 Å². The minimum atomic E-state index is -0.535. The molecule has 0 radical (unpaired) electrons. The molecule has 9 heteroatoms. The third-order valence-corrected chi connectivity index (χ3v) is 7.53. The van der Waals surface area contributed by atoms with E-state index in [9.17, 15) is 14.4 Å². The summed E-state index contributed by atoms with van der Waals surface area (Å²) >= 11 is 0. The lowest BCUT2D eigenvalue weighted by Gasteiger charge is -2.29. The van der Waals surface area contributed by atoms with Gasteiger partial charge in [-0.15, -0.1) is 0 Å². The Morgan fingerprint density at radius 1 is 0.953 bits per heavy atom. The molecular weight excluding hydrogens is 546 g/mol. The molecule has 1 unspecified atom stereocenters. The van der Waals surface area contributed by atoms with Crippen LogP contribution in [0.1, 0.15) is 53.2 Å². The summed E-state index contributed by atoms with van der Waals surface area (Å²) in [5.74, 6) is 0.262. The molecule has 1 aliphatic heterocycles. The molecule has 43 heavy (non-hydrogen) atoms. The molecule has 1 aliphatic carbocycles. The Morgan fingerprint density at radius 3 is 2.37 bits per heavy atom. The first kappa shape index (κ1) is 29.8. The molecule has 1 atom stereocenters. The van der Waals surface area contributed by atoms with E-state index in [1.807, 2.05) is 24.3 Å². The van der Waals surface area contributed by atoms with Crippen LogP contribution in [0.25, 0.3) is 11.3 Å². The van der Waals surface area contributed by atoms with E-state index in [-0.39, 0.29) is 23.9 Å². The maximum absolute atomic E-state index is 13.1. The van der Waals surface area contributed by atoms with E-state index in [2.05, 4.69) is 63.2 Å². The van der Waals surface area contributed by atoms with Crippen molar-refractivity contribution in [3.05, 3.63) is 114 Å². The van der Waals surface area contributed by atoms with E-state index in [4.69, 9.17) is 9.99 Å². The minimum absolute atomic E-state index is 0.0486. The second kappa shape index (κ2) is 14.0. The summed E-state index contributed by atoms with van der Waals surface area (Å²) in [5, 5.41) is 7.38. The van der Waals surface area contributed by atoms with Gasteiger partial charge < -0.3 is 9.64 Å². The molecule has 1 N–H and O–H groups in total. The number of nitrogens with zero attached hydrogens (tertiary/aromatic N) is 3. The highest BCUT2D eigenvalue weighted by Gasteiger charge is 2.40. The molecule has 6 rings (SSSR count). The van der Waals surface area contributed by atoms with Gasteiger partial charge >= 0.3 is 0 Å². The summed E-state index contributed by atoms with van der Waals surface area (Å²) in [6.45, 7) is 3.52. The Morgan fingerprint density at radius 2 is 1.70 bits per heavy atom. The third kappa shape index (κ3) is 7.20. The van der Waals surface area contributed by atoms with Crippen LogP contribution in [-0.4, -0.2) is 45.3 Å². The van der Waals surface area contributed by atoms with Crippen molar-refractivity contribution < 1.29 is 33.8 Å². The zero-order valence-corrected chi connectivity index (χ0v) is 24.0. The average molecular weight is 581 g/mol. The average Bonchev–Trinajstić information content (AvgIpc) is 3.38. The van der Waals surface area contributed by atoms with Crippen LogP contribution in [0.15, 0.2) is 91.4 Å². The van der Waals surface area contributed by atoms with Crippen LogP contribution in [0.4, 0.5) is 0 Å². The van der Waals surface area contributed by atoms with Gasteiger partial charge in [0.15, 0.2) is 24.7 Å². The second-order valence-electron chi connectivity index (χ2n) is 10.4. The maximum atomic E-state index is 13.1. The van der Waals surface area contributed by atoms with E-state index >= 15 is 0 Å². The van der Waals surface area contributed by atoms with Crippen LogP contribution in [0.5, 0.6) is 5.75 Å². The van der Waals surface area contributed by atoms with Crippen molar-refractivity contribution >= 4 is 17.5 Å². The van der Waals surface area contributed by atoms with E-state index in [0.717, 1.165) is 28.9 Å². The summed E-state index contributed by atoms with van der Waals surface area (Å²) in [6.07, 6.45) is 6.56. The molecular formula is C34H34N3O6+. The quantitative estimate of drug-likeness (QED) is 0.138. The Kier molecular flexibility index (Phi) is 9.66. The van der Waals surface area contributed by atoms with Gasteiger partial charge in [0.05, 0.1) is 31.3 Å². The van der Waals surface area contributed by atoms with E-state index < -0.39 is 6.04 Å². The second-order valence-corrected chi connectivity index (χ2v) is 10.4. The fourth-order valence-electron chi connectivity index (χ4n) is 5.28. The Labute approximate surface area is 250 Å². The molecule has 2 aromatic heterocycles. The van der Waals surface area contributed by atoms with Gasteiger partial charge in [-0.3, -0.25) is 24.6 Å². The molecule has 2 aromatic carbocycles. The number of benzene rings is 2. The summed E-state index contributed by atoms with van der Waals surface area (Å²) in [7, 11) is 0. The summed E-state index contributed by atoms with van der Waals surface area (Å²) in [4.78, 5) is 46.7. The molecule has 220 valence electrons. The van der Waals surface area contributed by atoms with E-state index in [0.29, 0.717) is 43.9 Å². The van der Waals surface area contributed by atoms with Gasteiger partial charge in [0, 0.05) is 47.0 Å². The summed E-state index contributed by atoms with van der Waals surface area (Å²) in [6, 6.07) is 23.2. The van der Waals surface area contributed by atoms with Gasteiger partial charge in [-0.1, -0.05) is 36.4 Å². The van der Waals surface area contributed by atoms with Gasteiger partial charge in [0.25, 0.3) is 5.91 Å². The van der Waals surface area contributed by atoms with Crippen molar-refractivity contribution in [2.75, 3.05) is 6.61 Å². The van der Waals surface area contributed by atoms with Gasteiger partial charge in [-0.05, 0) is 43.2 Å². The number of rotatable bonds is 8. The maximum Gasteiger partial charge on any atom is 0.255 e. The molecule has 4 aromatic rings. The van der Waals surface area contributed by atoms with Crippen molar-refractivity contribution in [2.24, 2.45) is 0 Å². The number of pyridine rings is 2. The number of hydrogen-bond acceptors (Lipinski definition) is 7. The Balaban J connectivity index is 0.000000868. The first-order valence-electron chi connectivity index (χ1n) is 14.3. The topological polar surface area (TPSA) is 110 Å². The summed E-state index contributed by atoms with van der Waals surface area (Å²) < 4.78 is 8.27. The van der Waals surface area contributed by atoms with Crippen LogP contribution in [-0.2, 0) is 34.2 Å². The van der Waals surface area contributed by atoms with Crippen molar-refractivity contribution in [1.82, 2.24) is 9.88 Å². The fraction of sp³-hybridized carbons (Fsp3) is 0.265. The molecule has 0 spiro atoms. The predicted molar refractivity (Wildman–Crippen MR) is 158 cm³/mol. The fourth-order valence-corrected chi connectivity index (χ4v) is 5.28. The number of aromatic nitrogens is 2. The number of ether oxygens (including phenoxy) is 1. The Bertz CT molecular complexity index is 1570. The number of amides is 1. The summed E-state index contributed by atoms with van der Waals surface area (Å²) in [5.41, 5.74) is 5.60. The molecule has 1 fully saturated rings. The number of ketones is 2. The largest absolute Gasteiger partial charge is 0.489 e. The lowest BCUT2D eigenvalue weighted by Crippen LogP contribution is -2.44. The Hall–Kier alpha value is -4.73. The first-order chi connectivity index (χ1) is 21.0. The first-order valence-corrected chi connectivity index (χ1v) is 14.3. The standard InChI is InChI=1S/C32H28N3O4.C2H6O2/c36-25-11-12-29(30(37)18-25)35-20-27-26(32(35)38)4-3-6-31(27)39-21-23-9-7-22(8-10-23)19-34-16-13-24(14-17-34)28-5-1-2-15-33-28;1-2-4-3/h1-10,13-17,29H,11-12,18-21H2;3H,2H2,1H3/q+1;. The smallest absolute Gasteiger partial charge is 0.255 e. The third-order valence-electron chi connectivity index (χ3n) is 7.53. The molecule has 0 bridgehead atoms. The van der Waals surface area contributed by atoms with Gasteiger partial charge in [-0.25, -0.2) is 9.45 Å². The number of fused-ring (bicyclic) bond motifs is 1. The highest BCUT2D eigenvalue weighted by molar-refractivity contribution is 6.07. The van der Waals surface area contributed by atoms with Crippen molar-refractivity contribution in [3.8, 4) is 17.0 Å². The SMILES string of the molecule is CCOO.O=C1CCC(N2Cc3c(OCc4ccc(C[n+]5ccc(-c6ccccn6)cc5)cc4)cccc3C2=O)C(=O)C1. The monoisotopic (exact) mass is 580 g/mol. The number of hydrogen-bond donors (Lipinski definition) is 1. The lowest BCUT2D eigenvalue weighted by molar-refractivity contribution is -0.688. The van der Waals surface area contributed by atoms with Crippen LogP contribution >= 0.6 is 0 Å². The molecule has 2 aliphatic rings. The van der Waals surface area contributed by atoms with Crippen molar-refractivity contribution in [2.45, 2.75) is 51.9 Å². The normalized spacial score (nSPS) is 16.0. The highest BCUT2D eigenvalue weighted by atomic mass is 17.1. The van der Waals surface area contributed by atoms with Crippen LogP contribution in [0, 0.1) is 0 Å². The van der Waals surface area contributed by atoms with E-state index in [1.54, 1.807) is 30.2 Å². The van der Waals surface area contributed by atoms with Crippen LogP contribution in [0.2, 0.25) is 0 Å². The minimum Gasteiger partial charge on any atom is -0.489 e. The molecule has 1 saturated carbocycles. The van der Waals surface area contributed by atoms with E-state index in [1.165, 1.54) is 5.56 Å². The highest BCUT2D eigenvalue weighted by Crippen LogP contribution is 2.34. The van der Waals surface area contributed by atoms with Gasteiger partial charge in [0.1, 0.15) is 18.1 Å². The zero-order valence-electron chi connectivity index (χ0n) is 24.0. The zero-order chi connectivity index (χ0) is 30.2. The molecule has 3 heterocycles.